The Bertz CT molecular complexity index is 756. The van der Waals surface area contributed by atoms with Gasteiger partial charge in [-0.05, 0) is 51.1 Å². The number of carbonyl (C=O) groups excluding carboxylic acids is 1. The summed E-state index contributed by atoms with van der Waals surface area (Å²) >= 11 is 0. The Morgan fingerprint density at radius 1 is 1.29 bits per heavy atom. The second kappa shape index (κ2) is 6.16. The molecule has 2 aromatic rings. The van der Waals surface area contributed by atoms with Gasteiger partial charge in [0, 0.05) is 37.8 Å². The third-order valence-electron chi connectivity index (χ3n) is 5.28. The molecule has 2 fully saturated rings. The Morgan fingerprint density at radius 3 is 2.75 bits per heavy atom. The first kappa shape index (κ1) is 15.6. The van der Waals surface area contributed by atoms with E-state index < -0.39 is 0 Å². The summed E-state index contributed by atoms with van der Waals surface area (Å²) < 4.78 is 1.76. The average Bonchev–Trinajstić information content (AvgIpc) is 3.39. The molecule has 1 saturated heterocycles. The van der Waals surface area contributed by atoms with E-state index in [1.807, 2.05) is 24.9 Å². The molecule has 0 atom stereocenters. The van der Waals surface area contributed by atoms with Crippen LogP contribution in [0.4, 0.5) is 0 Å². The number of hydrogen-bond acceptors (Lipinski definition) is 4. The average molecular weight is 327 g/mol. The summed E-state index contributed by atoms with van der Waals surface area (Å²) in [4.78, 5) is 19.2. The van der Waals surface area contributed by atoms with Crippen LogP contribution in [-0.2, 0) is 7.05 Å². The molecule has 6 heteroatoms. The van der Waals surface area contributed by atoms with E-state index in [1.165, 1.54) is 12.8 Å². The monoisotopic (exact) mass is 327 g/mol. The van der Waals surface area contributed by atoms with Crippen LogP contribution >= 0.6 is 0 Å². The predicted octanol–water partition coefficient (Wildman–Crippen LogP) is 1.88. The zero-order chi connectivity index (χ0) is 16.7. The van der Waals surface area contributed by atoms with Gasteiger partial charge in [-0.25, -0.2) is 4.98 Å². The summed E-state index contributed by atoms with van der Waals surface area (Å²) in [5.41, 5.74) is 2.41. The van der Waals surface area contributed by atoms with Gasteiger partial charge in [0.05, 0.1) is 11.3 Å². The Balaban J connectivity index is 1.41. The lowest BCUT2D eigenvalue weighted by atomic mass is 10.0. The van der Waals surface area contributed by atoms with E-state index in [1.54, 1.807) is 10.9 Å². The standard InChI is InChI=1S/C18H25N5O/c1-12-16-9-14(11-20-17(16)22(2)21-12)18(24)23-7-5-15(6-8-23)19-10-13-3-4-13/h9,11,13,15,19H,3-8,10H2,1-2H3. The summed E-state index contributed by atoms with van der Waals surface area (Å²) in [6.45, 7) is 4.76. The molecule has 1 aliphatic heterocycles. The van der Waals surface area contributed by atoms with Crippen LogP contribution in [-0.4, -0.2) is 51.2 Å². The van der Waals surface area contributed by atoms with Gasteiger partial charge in [-0.1, -0.05) is 0 Å². The predicted molar refractivity (Wildman–Crippen MR) is 92.9 cm³/mol. The molecule has 0 aromatic carbocycles. The fraction of sp³-hybridized carbons (Fsp3) is 0.611. The van der Waals surface area contributed by atoms with Gasteiger partial charge in [0.2, 0.25) is 0 Å². The number of nitrogens with one attached hydrogen (secondary N) is 1. The number of carbonyl (C=O) groups is 1. The second-order valence-corrected chi connectivity index (χ2v) is 7.22. The van der Waals surface area contributed by atoms with Crippen LogP contribution in [0.5, 0.6) is 0 Å². The van der Waals surface area contributed by atoms with Crippen LogP contribution in [0.25, 0.3) is 11.0 Å². The smallest absolute Gasteiger partial charge is 0.255 e. The van der Waals surface area contributed by atoms with E-state index in [2.05, 4.69) is 15.4 Å². The third kappa shape index (κ3) is 3.02. The number of likely N-dealkylation sites (tertiary alicyclic amines) is 1. The van der Waals surface area contributed by atoms with Crippen molar-refractivity contribution in [1.82, 2.24) is 25.0 Å². The first-order chi connectivity index (χ1) is 11.6. The van der Waals surface area contributed by atoms with Crippen molar-refractivity contribution in [3.63, 3.8) is 0 Å². The molecule has 2 aromatic heterocycles. The van der Waals surface area contributed by atoms with E-state index in [9.17, 15) is 4.79 Å². The molecule has 3 heterocycles. The minimum Gasteiger partial charge on any atom is -0.338 e. The van der Waals surface area contributed by atoms with Gasteiger partial charge in [-0.2, -0.15) is 5.10 Å². The molecule has 0 bridgehead atoms. The number of aromatic nitrogens is 3. The molecule has 1 amide bonds. The fourth-order valence-corrected chi connectivity index (χ4v) is 3.55. The third-order valence-corrected chi connectivity index (χ3v) is 5.28. The quantitative estimate of drug-likeness (QED) is 0.931. The number of aryl methyl sites for hydroxylation is 2. The maximum Gasteiger partial charge on any atom is 0.255 e. The van der Waals surface area contributed by atoms with Crippen molar-refractivity contribution in [2.75, 3.05) is 19.6 Å². The highest BCUT2D eigenvalue weighted by atomic mass is 16.2. The first-order valence-electron chi connectivity index (χ1n) is 8.94. The fourth-order valence-electron chi connectivity index (χ4n) is 3.55. The van der Waals surface area contributed by atoms with Crippen LogP contribution in [0.15, 0.2) is 12.3 Å². The lowest BCUT2D eigenvalue weighted by Gasteiger charge is -2.32. The molecule has 4 rings (SSSR count). The van der Waals surface area contributed by atoms with Gasteiger partial charge in [0.25, 0.3) is 5.91 Å². The SMILES string of the molecule is Cc1nn(C)c2ncc(C(=O)N3CCC(NCC4CC4)CC3)cc12. The Kier molecular flexibility index (Phi) is 4.00. The van der Waals surface area contributed by atoms with Crippen LogP contribution in [0.1, 0.15) is 41.7 Å². The first-order valence-corrected chi connectivity index (χ1v) is 8.94. The van der Waals surface area contributed by atoms with Crippen molar-refractivity contribution in [1.29, 1.82) is 0 Å². The van der Waals surface area contributed by atoms with E-state index in [4.69, 9.17) is 0 Å². The van der Waals surface area contributed by atoms with Crippen molar-refractivity contribution in [2.45, 2.75) is 38.6 Å². The molecule has 24 heavy (non-hydrogen) atoms. The van der Waals surface area contributed by atoms with Gasteiger partial charge in [0.1, 0.15) is 0 Å². The van der Waals surface area contributed by atoms with Crippen LogP contribution in [0.2, 0.25) is 0 Å². The minimum atomic E-state index is 0.0910. The Labute approximate surface area is 142 Å². The van der Waals surface area contributed by atoms with Crippen molar-refractivity contribution >= 4 is 16.9 Å². The molecule has 1 aliphatic carbocycles. The van der Waals surface area contributed by atoms with E-state index in [-0.39, 0.29) is 5.91 Å². The Hall–Kier alpha value is -1.95. The van der Waals surface area contributed by atoms with Gasteiger partial charge in [-0.3, -0.25) is 9.48 Å². The van der Waals surface area contributed by atoms with E-state index in [0.29, 0.717) is 11.6 Å². The number of fused-ring (bicyclic) bond motifs is 1. The number of amides is 1. The molecular weight excluding hydrogens is 302 g/mol. The summed E-state index contributed by atoms with van der Waals surface area (Å²) in [5.74, 6) is 0.999. The Morgan fingerprint density at radius 2 is 2.04 bits per heavy atom. The summed E-state index contributed by atoms with van der Waals surface area (Å²) in [7, 11) is 1.88. The highest BCUT2D eigenvalue weighted by Crippen LogP contribution is 2.28. The maximum absolute atomic E-state index is 12.8. The van der Waals surface area contributed by atoms with Crippen molar-refractivity contribution in [2.24, 2.45) is 13.0 Å². The molecule has 2 aliphatic rings. The number of rotatable bonds is 4. The highest BCUT2D eigenvalue weighted by Gasteiger charge is 2.26. The molecule has 0 spiro atoms. The molecule has 0 unspecified atom stereocenters. The van der Waals surface area contributed by atoms with Crippen LogP contribution in [0, 0.1) is 12.8 Å². The normalized spacial score (nSPS) is 19.2. The molecule has 0 radical (unpaired) electrons. The minimum absolute atomic E-state index is 0.0910. The van der Waals surface area contributed by atoms with Crippen molar-refractivity contribution in [3.05, 3.63) is 23.5 Å². The summed E-state index contributed by atoms with van der Waals surface area (Å²) in [6.07, 6.45) is 6.53. The second-order valence-electron chi connectivity index (χ2n) is 7.22. The molecule has 1 saturated carbocycles. The molecule has 128 valence electrons. The molecular formula is C18H25N5O. The number of pyridine rings is 1. The molecule has 1 N–H and O–H groups in total. The van der Waals surface area contributed by atoms with Gasteiger partial charge in [-0.15, -0.1) is 0 Å². The van der Waals surface area contributed by atoms with E-state index >= 15 is 0 Å². The van der Waals surface area contributed by atoms with Gasteiger partial charge >= 0.3 is 0 Å². The van der Waals surface area contributed by atoms with Gasteiger partial charge < -0.3 is 10.2 Å². The van der Waals surface area contributed by atoms with Crippen molar-refractivity contribution in [3.8, 4) is 0 Å². The summed E-state index contributed by atoms with van der Waals surface area (Å²) in [6, 6.07) is 2.50. The van der Waals surface area contributed by atoms with Crippen LogP contribution in [0.3, 0.4) is 0 Å². The molecule has 6 nitrogen and oxygen atoms in total. The topological polar surface area (TPSA) is 63.1 Å². The van der Waals surface area contributed by atoms with Gasteiger partial charge in [0.15, 0.2) is 5.65 Å². The summed E-state index contributed by atoms with van der Waals surface area (Å²) in [5, 5.41) is 8.99. The number of hydrogen-bond donors (Lipinski definition) is 1. The lowest BCUT2D eigenvalue weighted by Crippen LogP contribution is -2.45. The number of piperidine rings is 1. The van der Waals surface area contributed by atoms with Crippen LogP contribution < -0.4 is 5.32 Å². The zero-order valence-corrected chi connectivity index (χ0v) is 14.5. The maximum atomic E-state index is 12.8. The zero-order valence-electron chi connectivity index (χ0n) is 14.5. The number of nitrogens with zero attached hydrogens (tertiary/aromatic N) is 4. The van der Waals surface area contributed by atoms with Crippen molar-refractivity contribution < 1.29 is 4.79 Å². The lowest BCUT2D eigenvalue weighted by molar-refractivity contribution is 0.0704. The highest BCUT2D eigenvalue weighted by molar-refractivity contribution is 5.97. The van der Waals surface area contributed by atoms with E-state index in [0.717, 1.165) is 55.1 Å². The largest absolute Gasteiger partial charge is 0.338 e.